The van der Waals surface area contributed by atoms with Crippen LogP contribution >= 0.6 is 0 Å². The number of nitrogens with one attached hydrogen (secondary N) is 1. The zero-order valence-corrected chi connectivity index (χ0v) is 68.8. The molecule has 622 valence electrons. The van der Waals surface area contributed by atoms with E-state index in [1.54, 1.807) is 6.08 Å². The Balaban J connectivity index is 1.56. The predicted octanol–water partition coefficient (Wildman–Crippen LogP) is 22.5. The van der Waals surface area contributed by atoms with Crippen molar-refractivity contribution in [2.45, 2.75) is 530 Å². The fourth-order valence-corrected chi connectivity index (χ4v) is 15.7. The molecular weight excluding hydrogens is 1310 g/mol. The van der Waals surface area contributed by atoms with Crippen LogP contribution < -0.4 is 5.32 Å². The van der Waals surface area contributed by atoms with Crippen LogP contribution in [0.1, 0.15) is 457 Å². The molecule has 14 heteroatoms. The van der Waals surface area contributed by atoms with Gasteiger partial charge < -0.3 is 65.1 Å². The van der Waals surface area contributed by atoms with E-state index >= 15 is 0 Å². The van der Waals surface area contributed by atoms with Crippen molar-refractivity contribution in [3.63, 3.8) is 0 Å². The molecule has 2 heterocycles. The summed E-state index contributed by atoms with van der Waals surface area (Å²) in [5, 5.41) is 87.9. The molecule has 2 saturated heterocycles. The van der Waals surface area contributed by atoms with Gasteiger partial charge in [0, 0.05) is 6.42 Å². The second kappa shape index (κ2) is 75.2. The zero-order chi connectivity index (χ0) is 75.8. The first-order valence-electron chi connectivity index (χ1n) is 46.1. The van der Waals surface area contributed by atoms with Crippen LogP contribution in [0, 0.1) is 0 Å². The third kappa shape index (κ3) is 57.2. The van der Waals surface area contributed by atoms with E-state index in [2.05, 4.69) is 31.3 Å². The number of hydrogen-bond acceptors (Lipinski definition) is 13. The highest BCUT2D eigenvalue weighted by Crippen LogP contribution is 2.31. The molecule has 0 radical (unpaired) electrons. The average Bonchev–Trinajstić information content (AvgIpc) is 0.790. The topological polar surface area (TPSA) is 228 Å². The van der Waals surface area contributed by atoms with Gasteiger partial charge in [-0.15, -0.1) is 0 Å². The Bertz CT molecular complexity index is 1860. The SMILES string of the molecule is CCCCCCCCCCCCCCCCCCCCCCCCCCCCC/C=C/CC/C=C/C(O)C(COC1OC(CO)C(OC2OC(CO)C(O)C(O)C2O)C(O)C1O)NC(=O)CCCCCCCCCCCCCCCCCCCCCCCCCCCCCCCCCCCCCCCC. The van der Waals surface area contributed by atoms with Gasteiger partial charge >= 0.3 is 0 Å². The summed E-state index contributed by atoms with van der Waals surface area (Å²) in [7, 11) is 0. The monoisotopic (exact) mass is 1490 g/mol. The van der Waals surface area contributed by atoms with Crippen molar-refractivity contribution in [3.8, 4) is 0 Å². The van der Waals surface area contributed by atoms with Crippen molar-refractivity contribution in [3.05, 3.63) is 24.3 Å². The summed E-state index contributed by atoms with van der Waals surface area (Å²) in [5.74, 6) is -0.238. The van der Waals surface area contributed by atoms with Crippen LogP contribution in [0.3, 0.4) is 0 Å². The second-order valence-corrected chi connectivity index (χ2v) is 32.8. The number of hydrogen-bond donors (Lipinski definition) is 9. The van der Waals surface area contributed by atoms with E-state index < -0.39 is 86.8 Å². The van der Waals surface area contributed by atoms with Crippen LogP contribution in [0.2, 0.25) is 0 Å². The molecule has 12 atom stereocenters. The van der Waals surface area contributed by atoms with Crippen molar-refractivity contribution in [2.24, 2.45) is 0 Å². The summed E-state index contributed by atoms with van der Waals surface area (Å²) < 4.78 is 23.0. The molecule has 2 aliphatic rings. The van der Waals surface area contributed by atoms with E-state index in [0.717, 1.165) is 32.1 Å². The highest BCUT2D eigenvalue weighted by molar-refractivity contribution is 5.76. The standard InChI is InChI=1S/C91H175NO13/c1-3-5-7-9-11-13-15-17-19-21-23-25-27-29-31-33-35-37-38-39-40-41-43-45-47-49-51-53-55-57-59-61-63-65-67-69-71-73-75-83(96)92-79(78-102-90-88(101)86(99)89(82(77-94)104-90)105-91-87(100)85(98)84(97)81(76-93)103-91)80(95)74-72-70-68-66-64-62-60-58-56-54-52-50-48-46-44-42-36-34-32-30-28-26-24-22-20-18-16-14-12-10-8-6-4-2/h64,66,72,74,79-82,84-91,93-95,97-101H,3-63,65,67-71,73,75-78H2,1-2H3,(H,92,96)/b66-64+,74-72+. The van der Waals surface area contributed by atoms with E-state index in [1.165, 1.54) is 392 Å². The van der Waals surface area contributed by atoms with E-state index in [9.17, 15) is 45.6 Å². The Hall–Kier alpha value is -1.53. The minimum absolute atomic E-state index is 0.238. The van der Waals surface area contributed by atoms with E-state index in [-0.39, 0.29) is 18.9 Å². The molecule has 0 aromatic rings. The summed E-state index contributed by atoms with van der Waals surface area (Å²) >= 11 is 0. The van der Waals surface area contributed by atoms with Crippen molar-refractivity contribution in [1.29, 1.82) is 0 Å². The average molecular weight is 1490 g/mol. The lowest BCUT2D eigenvalue weighted by molar-refractivity contribution is -0.359. The maximum absolute atomic E-state index is 13.4. The molecule has 0 bridgehead atoms. The van der Waals surface area contributed by atoms with Gasteiger partial charge in [-0.1, -0.05) is 443 Å². The first kappa shape index (κ1) is 99.5. The largest absolute Gasteiger partial charge is 0.394 e. The molecule has 2 rings (SSSR count). The van der Waals surface area contributed by atoms with Crippen LogP contribution in [0.15, 0.2) is 24.3 Å². The van der Waals surface area contributed by atoms with Crippen LogP contribution in [0.4, 0.5) is 0 Å². The Kier molecular flexibility index (Phi) is 71.3. The minimum Gasteiger partial charge on any atom is -0.394 e. The number of amides is 1. The van der Waals surface area contributed by atoms with Gasteiger partial charge in [-0.25, -0.2) is 0 Å². The highest BCUT2D eigenvalue weighted by atomic mass is 16.7. The van der Waals surface area contributed by atoms with Gasteiger partial charge in [0.05, 0.1) is 32.0 Å². The van der Waals surface area contributed by atoms with Gasteiger partial charge in [0.25, 0.3) is 0 Å². The maximum atomic E-state index is 13.4. The van der Waals surface area contributed by atoms with Crippen molar-refractivity contribution < 1.29 is 64.6 Å². The normalized spacial score (nSPS) is 21.4. The third-order valence-corrected chi connectivity index (χ3v) is 22.9. The maximum Gasteiger partial charge on any atom is 0.220 e. The molecule has 0 aromatic carbocycles. The number of aliphatic hydroxyl groups excluding tert-OH is 8. The van der Waals surface area contributed by atoms with Crippen LogP contribution in [0.25, 0.3) is 0 Å². The molecule has 0 saturated carbocycles. The predicted molar refractivity (Wildman–Crippen MR) is 438 cm³/mol. The first-order chi connectivity index (χ1) is 51.6. The molecule has 9 N–H and O–H groups in total. The summed E-state index contributed by atoms with van der Waals surface area (Å²) in [4.78, 5) is 13.4. The summed E-state index contributed by atoms with van der Waals surface area (Å²) in [5.41, 5.74) is 0. The Labute approximate surface area is 647 Å². The molecule has 14 nitrogen and oxygen atoms in total. The third-order valence-electron chi connectivity index (χ3n) is 22.9. The van der Waals surface area contributed by atoms with Crippen molar-refractivity contribution in [1.82, 2.24) is 5.32 Å². The summed E-state index contributed by atoms with van der Waals surface area (Å²) in [6, 6.07) is -0.932. The van der Waals surface area contributed by atoms with E-state index in [0.29, 0.717) is 12.8 Å². The fraction of sp³-hybridized carbons (Fsp3) is 0.945. The van der Waals surface area contributed by atoms with Gasteiger partial charge in [-0.2, -0.15) is 0 Å². The van der Waals surface area contributed by atoms with E-state index in [4.69, 9.17) is 18.9 Å². The number of aliphatic hydroxyl groups is 8. The van der Waals surface area contributed by atoms with Gasteiger partial charge in [0.2, 0.25) is 5.91 Å². The number of rotatable bonds is 80. The first-order valence-corrected chi connectivity index (χ1v) is 46.1. The quantitative estimate of drug-likeness (QED) is 0.0204. The fourth-order valence-electron chi connectivity index (χ4n) is 15.7. The molecule has 105 heavy (non-hydrogen) atoms. The summed E-state index contributed by atoms with van der Waals surface area (Å²) in [6.07, 6.45) is 83.2. The lowest BCUT2D eigenvalue weighted by Gasteiger charge is -2.46. The van der Waals surface area contributed by atoms with Gasteiger partial charge in [0.15, 0.2) is 12.6 Å². The number of carbonyl (C=O) groups is 1. The number of carbonyl (C=O) groups excluding carboxylic acids is 1. The zero-order valence-electron chi connectivity index (χ0n) is 68.8. The Morgan fingerprint density at radius 2 is 0.610 bits per heavy atom. The van der Waals surface area contributed by atoms with Crippen LogP contribution in [-0.2, 0) is 23.7 Å². The van der Waals surface area contributed by atoms with Crippen LogP contribution in [0.5, 0.6) is 0 Å². The van der Waals surface area contributed by atoms with Gasteiger partial charge in [0.1, 0.15) is 48.8 Å². The molecule has 2 aliphatic heterocycles. The molecule has 0 aromatic heterocycles. The number of allylic oxidation sites excluding steroid dienone is 3. The van der Waals surface area contributed by atoms with Crippen molar-refractivity contribution in [2.75, 3.05) is 19.8 Å². The van der Waals surface area contributed by atoms with Gasteiger partial charge in [-0.3, -0.25) is 4.79 Å². The number of unbranched alkanes of at least 4 members (excludes halogenated alkanes) is 65. The Morgan fingerprint density at radius 3 is 0.933 bits per heavy atom. The lowest BCUT2D eigenvalue weighted by atomic mass is 9.97. The molecule has 0 aliphatic carbocycles. The van der Waals surface area contributed by atoms with Crippen molar-refractivity contribution >= 4 is 5.91 Å². The lowest BCUT2D eigenvalue weighted by Crippen LogP contribution is -2.65. The highest BCUT2D eigenvalue weighted by Gasteiger charge is 2.51. The number of ether oxygens (including phenoxy) is 4. The van der Waals surface area contributed by atoms with E-state index in [1.807, 2.05) is 6.08 Å². The second-order valence-electron chi connectivity index (χ2n) is 32.8. The molecule has 1 amide bonds. The smallest absolute Gasteiger partial charge is 0.220 e. The summed E-state index contributed by atoms with van der Waals surface area (Å²) in [6.45, 7) is 2.87. The van der Waals surface area contributed by atoms with Gasteiger partial charge in [-0.05, 0) is 32.1 Å². The molecule has 12 unspecified atom stereocenters. The molecule has 0 spiro atoms. The minimum atomic E-state index is -1.79. The Morgan fingerprint density at radius 1 is 0.333 bits per heavy atom. The molecule has 2 fully saturated rings. The molecular formula is C91H175NO13. The van der Waals surface area contributed by atoms with Crippen LogP contribution in [-0.4, -0.2) is 140 Å².